The molecular formula is C33H26N2O5. The van der Waals surface area contributed by atoms with Crippen molar-refractivity contribution in [2.24, 2.45) is 11.8 Å². The fourth-order valence-electron chi connectivity index (χ4n) is 6.61. The fourth-order valence-corrected chi connectivity index (χ4v) is 6.61. The smallest absolute Gasteiger partial charge is 0.240 e. The number of nitrogens with zero attached hydrogens (tertiary/aromatic N) is 2. The number of amides is 2. The molecule has 0 bridgehead atoms. The number of hydrogen-bond donors (Lipinski definition) is 0. The zero-order valence-electron chi connectivity index (χ0n) is 22.0. The van der Waals surface area contributed by atoms with Crippen LogP contribution in [0.25, 0.3) is 16.8 Å². The third-order valence-electron chi connectivity index (χ3n) is 8.37. The van der Waals surface area contributed by atoms with Gasteiger partial charge in [-0.1, -0.05) is 72.8 Å². The summed E-state index contributed by atoms with van der Waals surface area (Å²) in [5, 5.41) is 2.14. The van der Waals surface area contributed by atoms with Crippen LogP contribution in [0.5, 0.6) is 11.5 Å². The number of ketones is 1. The minimum Gasteiger partial charge on any atom is -0.497 e. The topological polar surface area (TPSA) is 76.1 Å². The number of rotatable bonds is 5. The molecule has 198 valence electrons. The fraction of sp³-hybridized carbons (Fsp3) is 0.182. The summed E-state index contributed by atoms with van der Waals surface area (Å²) in [6, 6.07) is 24.8. The molecular weight excluding hydrogens is 504 g/mol. The Morgan fingerprint density at radius 3 is 2.30 bits per heavy atom. The van der Waals surface area contributed by atoms with E-state index in [1.807, 2.05) is 65.6 Å². The molecule has 2 fully saturated rings. The number of hydrogen-bond acceptors (Lipinski definition) is 6. The number of ether oxygens (including phenoxy) is 2. The van der Waals surface area contributed by atoms with E-state index in [0.29, 0.717) is 22.7 Å². The van der Waals surface area contributed by atoms with Crippen molar-refractivity contribution in [1.29, 1.82) is 0 Å². The van der Waals surface area contributed by atoms with Crippen LogP contribution in [-0.2, 0) is 9.59 Å². The number of fused-ring (bicyclic) bond motifs is 7. The lowest BCUT2D eigenvalue weighted by molar-refractivity contribution is -0.122. The summed E-state index contributed by atoms with van der Waals surface area (Å²) in [5.41, 5.74) is 2.64. The first-order valence-electron chi connectivity index (χ1n) is 13.2. The maximum atomic E-state index is 14.3. The number of imide groups is 1. The molecule has 4 aromatic rings. The third-order valence-corrected chi connectivity index (χ3v) is 8.37. The largest absolute Gasteiger partial charge is 0.497 e. The van der Waals surface area contributed by atoms with Gasteiger partial charge < -0.3 is 14.4 Å². The van der Waals surface area contributed by atoms with E-state index in [0.717, 1.165) is 22.0 Å². The molecule has 7 heteroatoms. The molecule has 3 aliphatic rings. The molecule has 2 saturated heterocycles. The van der Waals surface area contributed by atoms with E-state index in [-0.39, 0.29) is 11.7 Å². The predicted molar refractivity (Wildman–Crippen MR) is 153 cm³/mol. The lowest BCUT2D eigenvalue weighted by atomic mass is 9.86. The Labute approximate surface area is 231 Å². The number of anilines is 2. The van der Waals surface area contributed by atoms with Gasteiger partial charge in [-0.15, -0.1) is 0 Å². The van der Waals surface area contributed by atoms with Gasteiger partial charge in [-0.05, 0) is 29.0 Å². The summed E-state index contributed by atoms with van der Waals surface area (Å²) in [7, 11) is 3.01. The van der Waals surface area contributed by atoms with Crippen molar-refractivity contribution in [3.63, 3.8) is 0 Å². The van der Waals surface area contributed by atoms with Crippen molar-refractivity contribution in [1.82, 2.24) is 0 Å². The molecule has 7 rings (SSSR count). The van der Waals surface area contributed by atoms with Crippen LogP contribution in [-0.4, -0.2) is 43.9 Å². The summed E-state index contributed by atoms with van der Waals surface area (Å²) in [5.74, 6) is -1.70. The van der Waals surface area contributed by atoms with Crippen LogP contribution in [0.2, 0.25) is 0 Å². The zero-order valence-corrected chi connectivity index (χ0v) is 22.0. The van der Waals surface area contributed by atoms with E-state index in [4.69, 9.17) is 9.47 Å². The Hall–Kier alpha value is -4.91. The van der Waals surface area contributed by atoms with E-state index in [1.165, 1.54) is 19.1 Å². The van der Waals surface area contributed by atoms with Crippen molar-refractivity contribution in [2.75, 3.05) is 24.0 Å². The van der Waals surface area contributed by atoms with E-state index in [2.05, 4.69) is 6.07 Å². The summed E-state index contributed by atoms with van der Waals surface area (Å²) in [4.78, 5) is 45.9. The minimum atomic E-state index is -0.872. The van der Waals surface area contributed by atoms with Gasteiger partial charge in [-0.2, -0.15) is 0 Å². The lowest BCUT2D eigenvalue weighted by Gasteiger charge is -2.37. The van der Waals surface area contributed by atoms with Crippen LogP contribution in [0.3, 0.4) is 0 Å². The number of Topliss-reactive ketones (excluding diaryl/α,β-unsaturated/α-hetero) is 1. The van der Waals surface area contributed by atoms with Gasteiger partial charge >= 0.3 is 0 Å². The molecule has 40 heavy (non-hydrogen) atoms. The molecule has 0 N–H and O–H groups in total. The molecule has 2 amide bonds. The van der Waals surface area contributed by atoms with Crippen molar-refractivity contribution in [3.8, 4) is 11.5 Å². The first-order chi connectivity index (χ1) is 19.5. The van der Waals surface area contributed by atoms with Gasteiger partial charge in [0.1, 0.15) is 17.5 Å². The molecule has 0 aromatic heterocycles. The van der Waals surface area contributed by atoms with Gasteiger partial charge in [0.05, 0.1) is 37.8 Å². The first kappa shape index (κ1) is 24.2. The second-order valence-corrected chi connectivity index (χ2v) is 10.3. The highest BCUT2D eigenvalue weighted by Gasteiger charge is 2.64. The van der Waals surface area contributed by atoms with E-state index in [1.54, 1.807) is 30.3 Å². The van der Waals surface area contributed by atoms with Crippen LogP contribution in [0.1, 0.15) is 15.9 Å². The van der Waals surface area contributed by atoms with E-state index in [9.17, 15) is 14.4 Å². The quantitative estimate of drug-likeness (QED) is 0.263. The molecule has 0 radical (unpaired) electrons. The normalized spacial score (nSPS) is 22.8. The molecule has 0 unspecified atom stereocenters. The van der Waals surface area contributed by atoms with E-state index < -0.39 is 29.8 Å². The number of methoxy groups -OCH3 is 2. The lowest BCUT2D eigenvalue weighted by Crippen LogP contribution is -2.48. The minimum absolute atomic E-state index is 0.187. The van der Waals surface area contributed by atoms with Crippen molar-refractivity contribution in [2.45, 2.75) is 12.1 Å². The number of carbonyl (C=O) groups excluding carboxylic acids is 3. The second kappa shape index (κ2) is 9.09. The Bertz CT molecular complexity index is 1730. The van der Waals surface area contributed by atoms with E-state index >= 15 is 0 Å². The zero-order chi connectivity index (χ0) is 27.5. The molecule has 0 saturated carbocycles. The Morgan fingerprint density at radius 1 is 0.775 bits per heavy atom. The summed E-state index contributed by atoms with van der Waals surface area (Å²) in [6.07, 6.45) is 4.00. The van der Waals surface area contributed by atoms with Crippen LogP contribution in [0.4, 0.5) is 11.4 Å². The molecule has 3 heterocycles. The van der Waals surface area contributed by atoms with Gasteiger partial charge in [-0.25, -0.2) is 4.90 Å². The van der Waals surface area contributed by atoms with Gasteiger partial charge in [0.15, 0.2) is 5.78 Å². The maximum Gasteiger partial charge on any atom is 0.240 e. The second-order valence-electron chi connectivity index (χ2n) is 10.3. The third kappa shape index (κ3) is 3.33. The summed E-state index contributed by atoms with van der Waals surface area (Å²) >= 11 is 0. The van der Waals surface area contributed by atoms with Gasteiger partial charge in [-0.3, -0.25) is 14.4 Å². The van der Waals surface area contributed by atoms with Crippen LogP contribution in [0, 0.1) is 11.8 Å². The maximum absolute atomic E-state index is 14.3. The SMILES string of the molecule is COc1ccc(OC)c(N2C(=O)[C@@H]3[C@H](C2=O)[C@@H](C(=O)c2ccccc2)N2c4ccc5ccccc5c4C=C[C@@H]32)c1. The van der Waals surface area contributed by atoms with Crippen molar-refractivity contribution < 1.29 is 23.9 Å². The predicted octanol–water partition coefficient (Wildman–Crippen LogP) is 5.13. The van der Waals surface area contributed by atoms with Crippen LogP contribution >= 0.6 is 0 Å². The molecule has 0 aliphatic carbocycles. The summed E-state index contributed by atoms with van der Waals surface area (Å²) in [6.45, 7) is 0. The number of carbonyl (C=O) groups is 3. The van der Waals surface area contributed by atoms with Crippen molar-refractivity contribution in [3.05, 3.63) is 102 Å². The highest BCUT2D eigenvalue weighted by molar-refractivity contribution is 6.26. The molecule has 0 spiro atoms. The van der Waals surface area contributed by atoms with Crippen LogP contribution in [0.15, 0.2) is 91.0 Å². The van der Waals surface area contributed by atoms with Gasteiger partial charge in [0.25, 0.3) is 0 Å². The monoisotopic (exact) mass is 530 g/mol. The highest BCUT2D eigenvalue weighted by atomic mass is 16.5. The molecule has 7 nitrogen and oxygen atoms in total. The van der Waals surface area contributed by atoms with Gasteiger partial charge in [0, 0.05) is 22.9 Å². The molecule has 3 aliphatic heterocycles. The van der Waals surface area contributed by atoms with Gasteiger partial charge in [0.2, 0.25) is 11.8 Å². The first-order valence-corrected chi connectivity index (χ1v) is 13.2. The molecule has 4 atom stereocenters. The average molecular weight is 531 g/mol. The van der Waals surface area contributed by atoms with Crippen molar-refractivity contribution >= 4 is 45.8 Å². The number of benzene rings is 4. The Morgan fingerprint density at radius 2 is 1.52 bits per heavy atom. The standard InChI is InChI=1S/C33H26N2O5/c1-39-21-13-17-27(40-2)26(18-21)35-32(37)28-25-16-14-23-22-11-7-6-8-19(22)12-15-24(23)34(25)30(29(28)33(35)38)31(36)20-9-4-3-5-10-20/h3-18,25,28-30H,1-2H3/t25-,28-,29-,30-/m0/s1. The Balaban J connectivity index is 1.41. The molecule has 4 aromatic carbocycles. The highest BCUT2D eigenvalue weighted by Crippen LogP contribution is 2.51. The Kier molecular flexibility index (Phi) is 5.49. The average Bonchev–Trinajstić information content (AvgIpc) is 3.48. The van der Waals surface area contributed by atoms with Crippen LogP contribution < -0.4 is 19.3 Å². The summed E-state index contributed by atoms with van der Waals surface area (Å²) < 4.78 is 10.9.